The van der Waals surface area contributed by atoms with Crippen LogP contribution in [0.4, 0.5) is 0 Å². The first-order valence-corrected chi connectivity index (χ1v) is 29.4. The zero-order chi connectivity index (χ0) is 26.3. The number of halogens is 9. The maximum absolute atomic E-state index is 5.27. The van der Waals surface area contributed by atoms with E-state index in [1.54, 1.807) is 13.3 Å². The van der Waals surface area contributed by atoms with Gasteiger partial charge in [0.15, 0.2) is 0 Å². The van der Waals surface area contributed by atoms with Gasteiger partial charge in [0.05, 0.1) is 0 Å². The standard InChI is InChI=1S/3C4H9.2C2H3Cl3Si.C2HCl3.C2H3.H4Si.Sn/c3*1-3-4-2;2*1-2-6(3,4)5;3-1-2(4)5;1-2;;/h3*1,3-4H2,2H3;2*2H,1H2;1H;1H,2H2;1H4;. The number of unbranched alkanes of at least 4 members (excludes halogenated alkanes) is 3. The summed E-state index contributed by atoms with van der Waals surface area (Å²) in [5, 5.41) is 0. The second-order valence-electron chi connectivity index (χ2n) is 6.77. The number of hydrogen-bond donors (Lipinski definition) is 0. The summed E-state index contributed by atoms with van der Waals surface area (Å²) >= 11 is 44.6. The molecule has 0 aliphatic carbocycles. The molecule has 0 fully saturated rings. The minimum Gasteiger partial charge on any atom is -0.0904 e. The molecule has 0 unspecified atom stereocenters. The molecule has 13 heteroatoms. The fraction of sp³-hybridized carbons (Fsp3) is 0.600. The van der Waals surface area contributed by atoms with Crippen LogP contribution in [0.3, 0.4) is 0 Å². The molecule has 0 nitrogen and oxygen atoms in total. The normalized spacial score (nSPS) is 10.4. The van der Waals surface area contributed by atoms with Gasteiger partial charge in [-0.15, -0.1) is 79.6 Å². The fourth-order valence-corrected chi connectivity index (χ4v) is 15.2. The quantitative estimate of drug-likeness (QED) is 0.136. The van der Waals surface area contributed by atoms with E-state index in [1.807, 2.05) is 0 Å². The summed E-state index contributed by atoms with van der Waals surface area (Å²) in [7, 11) is 0. The third-order valence-electron chi connectivity index (χ3n) is 4.06. The molecule has 0 bridgehead atoms. The van der Waals surface area contributed by atoms with E-state index in [9.17, 15) is 0 Å². The monoisotopic (exact) mass is 800 g/mol. The van der Waals surface area contributed by atoms with Crippen molar-refractivity contribution < 1.29 is 0 Å². The predicted molar refractivity (Wildman–Crippen MR) is 179 cm³/mol. The van der Waals surface area contributed by atoms with Gasteiger partial charge in [-0.3, -0.25) is 0 Å². The molecule has 33 heavy (non-hydrogen) atoms. The van der Waals surface area contributed by atoms with E-state index in [2.05, 4.69) is 44.6 Å². The van der Waals surface area contributed by atoms with Gasteiger partial charge in [0, 0.05) is 5.54 Å². The fourth-order valence-electron chi connectivity index (χ4n) is 2.27. The minimum atomic E-state index is -2.45. The van der Waals surface area contributed by atoms with Gasteiger partial charge in [-0.1, -0.05) is 46.2 Å². The molecule has 0 radical (unpaired) electrons. The van der Waals surface area contributed by atoms with Crippen LogP contribution in [0.1, 0.15) is 59.3 Å². The van der Waals surface area contributed by atoms with Crippen LogP contribution in [0, 0.1) is 0 Å². The molecule has 0 rings (SSSR count). The molecule has 0 aliphatic rings. The van der Waals surface area contributed by atoms with Crippen molar-refractivity contribution in [3.8, 4) is 0 Å². The summed E-state index contributed by atoms with van der Waals surface area (Å²) in [6.45, 7) is 17.7. The van der Waals surface area contributed by atoms with E-state index in [0.717, 1.165) is 5.54 Å². The maximum atomic E-state index is 5.27. The van der Waals surface area contributed by atoms with Crippen LogP contribution in [0.5, 0.6) is 0 Å². The van der Waals surface area contributed by atoms with Gasteiger partial charge >= 0.3 is 114 Å². The second-order valence-corrected chi connectivity index (χ2v) is 38.4. The third kappa shape index (κ3) is 45.3. The summed E-state index contributed by atoms with van der Waals surface area (Å²) in [6.07, 6.45) is 8.46. The number of rotatable bonds is 12. The van der Waals surface area contributed by atoms with Gasteiger partial charge in [0.2, 0.25) is 0 Å². The molecular weight excluding hydrogens is 762 g/mol. The van der Waals surface area contributed by atoms with Crippen LogP contribution in [-0.4, -0.2) is 41.3 Å². The Morgan fingerprint density at radius 1 is 0.697 bits per heavy atom. The zero-order valence-corrected chi connectivity index (χ0v) is 30.9. The molecular formula is C20H41Cl9Si3Sn. The zero-order valence-electron chi connectivity index (χ0n) is 19.2. The Hall–Kier alpha value is 3.02. The molecule has 200 valence electrons. The van der Waals surface area contributed by atoms with Crippen molar-refractivity contribution in [2.45, 2.75) is 72.6 Å². The first-order chi connectivity index (χ1) is 14.6. The van der Waals surface area contributed by atoms with E-state index < -0.39 is 30.4 Å². The average Bonchev–Trinajstić information content (AvgIpc) is 2.74. The first kappa shape index (κ1) is 45.9. The van der Waals surface area contributed by atoms with Crippen molar-refractivity contribution in [1.29, 1.82) is 0 Å². The van der Waals surface area contributed by atoms with Gasteiger partial charge in [-0.05, 0) is 11.0 Å². The Balaban J connectivity index is -0.000000120. The van der Waals surface area contributed by atoms with Crippen molar-refractivity contribution in [3.05, 3.63) is 45.3 Å². The van der Waals surface area contributed by atoms with Crippen molar-refractivity contribution in [3.63, 3.8) is 0 Å². The van der Waals surface area contributed by atoms with E-state index in [4.69, 9.17) is 101 Å². The van der Waals surface area contributed by atoms with E-state index in [-0.39, 0.29) is 15.5 Å². The van der Waals surface area contributed by atoms with Gasteiger partial charge < -0.3 is 0 Å². The van der Waals surface area contributed by atoms with Crippen LogP contribution >= 0.6 is 101 Å². The molecule has 0 heterocycles. The average molecular weight is 804 g/mol. The Morgan fingerprint density at radius 3 is 1.00 bits per heavy atom. The SMILES string of the molecule is C=C[Si](Cl)(Cl)Cl.C=C[Si](Cl)(Cl)Cl.C=[CH][Sn]([CH2]CCC)([CH2]CCC)[CH2]CCC.ClC=C(Cl)Cl.[SiH4]. The van der Waals surface area contributed by atoms with Crippen LogP contribution in [0.25, 0.3) is 0 Å². The number of hydrogen-bond acceptors (Lipinski definition) is 0. The summed E-state index contributed by atoms with van der Waals surface area (Å²) in [4.78, 5) is 0. The van der Waals surface area contributed by atoms with Gasteiger partial charge in [0.25, 0.3) is 0 Å². The predicted octanol–water partition coefficient (Wildman–Crippen LogP) is 11.3. The van der Waals surface area contributed by atoms with Crippen LogP contribution in [0.15, 0.2) is 45.3 Å². The maximum Gasteiger partial charge on any atom is 0.118 e. The Bertz CT molecular complexity index is 450. The summed E-state index contributed by atoms with van der Waals surface area (Å²) in [5.41, 5.74) is 3.83. The van der Waals surface area contributed by atoms with Crippen molar-refractivity contribution >= 4 is 143 Å². The first-order valence-electron chi connectivity index (χ1n) is 10.3. The van der Waals surface area contributed by atoms with Crippen LogP contribution in [-0.2, 0) is 0 Å². The van der Waals surface area contributed by atoms with E-state index >= 15 is 0 Å². The molecule has 0 aromatic carbocycles. The summed E-state index contributed by atoms with van der Waals surface area (Å²) < 4.78 is 7.25. The van der Waals surface area contributed by atoms with Crippen molar-refractivity contribution in [2.24, 2.45) is 0 Å². The second kappa shape index (κ2) is 29.6. The smallest absolute Gasteiger partial charge is 0.0904 e. The molecule has 0 amide bonds. The van der Waals surface area contributed by atoms with Gasteiger partial charge in [-0.2, -0.15) is 0 Å². The van der Waals surface area contributed by atoms with E-state index in [0.29, 0.717) is 0 Å². The molecule has 0 aromatic heterocycles. The Kier molecular flexibility index (Phi) is 41.1. The molecule has 0 saturated heterocycles. The molecule has 0 N–H and O–H groups in total. The topological polar surface area (TPSA) is 0 Å². The molecule has 0 spiro atoms. The molecule has 0 aromatic rings. The van der Waals surface area contributed by atoms with E-state index in [1.165, 1.54) is 49.9 Å². The van der Waals surface area contributed by atoms with Crippen molar-refractivity contribution in [2.75, 3.05) is 0 Å². The minimum absolute atomic E-state index is 0. The Labute approximate surface area is 257 Å². The van der Waals surface area contributed by atoms with Crippen LogP contribution in [0.2, 0.25) is 13.3 Å². The molecule has 0 atom stereocenters. The van der Waals surface area contributed by atoms with Gasteiger partial charge in [0.1, 0.15) is 4.49 Å². The van der Waals surface area contributed by atoms with Crippen LogP contribution < -0.4 is 0 Å². The summed E-state index contributed by atoms with van der Waals surface area (Å²) in [6, 6.07) is -4.90. The summed E-state index contributed by atoms with van der Waals surface area (Å²) in [5.74, 6) is 0. The van der Waals surface area contributed by atoms with Gasteiger partial charge in [-0.25, -0.2) is 0 Å². The van der Waals surface area contributed by atoms with Crippen molar-refractivity contribution in [1.82, 2.24) is 0 Å². The molecule has 0 aliphatic heterocycles. The molecule has 0 saturated carbocycles. The third-order valence-corrected chi connectivity index (χ3v) is 22.5. The Morgan fingerprint density at radius 2 is 0.909 bits per heavy atom. The largest absolute Gasteiger partial charge is 0.118 e.